The SMILES string of the molecule is Cc1ccc(NC(=O)N(Cc2ccc(C(=O)NCC(F)C(=O)O)cc2)c2ccc(C3=CCCCC3)cc2)cc1SN(C)c1ccccc1. The lowest BCUT2D eigenvalue weighted by Crippen LogP contribution is -2.35. The summed E-state index contributed by atoms with van der Waals surface area (Å²) in [5.74, 6) is -2.22. The van der Waals surface area contributed by atoms with E-state index in [0.717, 1.165) is 40.1 Å². The Morgan fingerprint density at radius 1 is 0.917 bits per heavy atom. The number of aliphatic carboxylic acids is 1. The molecular formula is C38H39FN4O4S. The number of para-hydroxylation sites is 1. The number of alkyl halides is 1. The van der Waals surface area contributed by atoms with E-state index in [1.165, 1.54) is 18.4 Å². The summed E-state index contributed by atoms with van der Waals surface area (Å²) in [7, 11) is 2.00. The number of halogens is 1. The van der Waals surface area contributed by atoms with Crippen LogP contribution in [0.3, 0.4) is 0 Å². The molecule has 248 valence electrons. The number of anilines is 3. The summed E-state index contributed by atoms with van der Waals surface area (Å²) in [4.78, 5) is 39.8. The van der Waals surface area contributed by atoms with Gasteiger partial charge in [-0.1, -0.05) is 54.6 Å². The molecule has 1 aliphatic carbocycles. The fraction of sp³-hybridized carbons (Fsp3) is 0.237. The van der Waals surface area contributed by atoms with Crippen molar-refractivity contribution >= 4 is 52.5 Å². The van der Waals surface area contributed by atoms with Crippen LogP contribution in [-0.2, 0) is 11.3 Å². The minimum atomic E-state index is -2.19. The Balaban J connectivity index is 1.35. The Kier molecular flexibility index (Phi) is 11.5. The van der Waals surface area contributed by atoms with E-state index in [9.17, 15) is 18.8 Å². The normalized spacial score (nSPS) is 13.2. The molecule has 5 rings (SSSR count). The molecule has 0 aromatic heterocycles. The Hall–Kier alpha value is -5.09. The maximum Gasteiger partial charge on any atom is 0.340 e. The van der Waals surface area contributed by atoms with Crippen LogP contribution in [0.25, 0.3) is 5.57 Å². The maximum absolute atomic E-state index is 14.0. The van der Waals surface area contributed by atoms with Crippen molar-refractivity contribution in [1.82, 2.24) is 5.32 Å². The number of carboxylic acids is 1. The molecule has 0 saturated heterocycles. The first-order valence-electron chi connectivity index (χ1n) is 15.9. The van der Waals surface area contributed by atoms with Crippen molar-refractivity contribution in [2.45, 2.75) is 50.2 Å². The number of carbonyl (C=O) groups is 3. The highest BCUT2D eigenvalue weighted by molar-refractivity contribution is 8.00. The third kappa shape index (κ3) is 9.04. The fourth-order valence-corrected chi connectivity index (χ4v) is 6.27. The molecule has 0 aliphatic heterocycles. The number of rotatable bonds is 12. The number of carbonyl (C=O) groups excluding carboxylic acids is 2. The van der Waals surface area contributed by atoms with Gasteiger partial charge in [0.05, 0.1) is 13.1 Å². The molecular weight excluding hydrogens is 628 g/mol. The lowest BCUT2D eigenvalue weighted by atomic mass is 9.93. The van der Waals surface area contributed by atoms with Crippen LogP contribution >= 0.6 is 11.9 Å². The number of allylic oxidation sites excluding steroid dienone is 2. The van der Waals surface area contributed by atoms with Crippen LogP contribution < -0.4 is 19.8 Å². The monoisotopic (exact) mass is 666 g/mol. The lowest BCUT2D eigenvalue weighted by Gasteiger charge is -2.25. The first-order chi connectivity index (χ1) is 23.2. The summed E-state index contributed by atoms with van der Waals surface area (Å²) in [5.41, 5.74) is 7.00. The fourth-order valence-electron chi connectivity index (χ4n) is 5.36. The van der Waals surface area contributed by atoms with E-state index in [-0.39, 0.29) is 18.1 Å². The predicted octanol–water partition coefficient (Wildman–Crippen LogP) is 8.49. The zero-order valence-corrected chi connectivity index (χ0v) is 27.8. The van der Waals surface area contributed by atoms with Gasteiger partial charge in [0, 0.05) is 34.6 Å². The summed E-state index contributed by atoms with van der Waals surface area (Å²) in [6.07, 6.45) is 4.59. The maximum atomic E-state index is 14.0. The van der Waals surface area contributed by atoms with Crippen LogP contribution in [0.15, 0.2) is 108 Å². The molecule has 1 unspecified atom stereocenters. The molecule has 0 heterocycles. The summed E-state index contributed by atoms with van der Waals surface area (Å²) in [6, 6.07) is 30.2. The van der Waals surface area contributed by atoms with Gasteiger partial charge in [0.2, 0.25) is 6.17 Å². The predicted molar refractivity (Wildman–Crippen MR) is 191 cm³/mol. The Labute approximate surface area is 284 Å². The molecule has 0 radical (unpaired) electrons. The summed E-state index contributed by atoms with van der Waals surface area (Å²) >= 11 is 1.58. The van der Waals surface area contributed by atoms with Gasteiger partial charge in [-0.3, -0.25) is 9.69 Å². The van der Waals surface area contributed by atoms with Gasteiger partial charge in [-0.2, -0.15) is 0 Å². The molecule has 0 bridgehead atoms. The van der Waals surface area contributed by atoms with Gasteiger partial charge in [-0.25, -0.2) is 14.0 Å². The van der Waals surface area contributed by atoms with Gasteiger partial charge in [0.15, 0.2) is 0 Å². The number of hydrogen-bond donors (Lipinski definition) is 3. The number of amides is 3. The molecule has 1 atom stereocenters. The van der Waals surface area contributed by atoms with E-state index in [1.807, 2.05) is 74.6 Å². The van der Waals surface area contributed by atoms with Crippen molar-refractivity contribution in [3.05, 3.63) is 125 Å². The molecule has 10 heteroatoms. The summed E-state index contributed by atoms with van der Waals surface area (Å²) in [5, 5.41) is 14.1. The van der Waals surface area contributed by atoms with E-state index in [0.29, 0.717) is 11.4 Å². The Bertz CT molecular complexity index is 1760. The molecule has 3 N–H and O–H groups in total. The minimum Gasteiger partial charge on any atom is -0.479 e. The molecule has 8 nitrogen and oxygen atoms in total. The quantitative estimate of drug-likeness (QED) is 0.131. The van der Waals surface area contributed by atoms with Crippen molar-refractivity contribution in [3.8, 4) is 0 Å². The highest BCUT2D eigenvalue weighted by atomic mass is 32.2. The number of carboxylic acid groups (broad SMARTS) is 1. The number of aryl methyl sites for hydroxylation is 1. The minimum absolute atomic E-state index is 0.214. The lowest BCUT2D eigenvalue weighted by molar-refractivity contribution is -0.142. The van der Waals surface area contributed by atoms with E-state index >= 15 is 0 Å². The summed E-state index contributed by atoms with van der Waals surface area (Å²) in [6.45, 7) is 1.62. The largest absolute Gasteiger partial charge is 0.479 e. The zero-order valence-electron chi connectivity index (χ0n) is 27.0. The molecule has 4 aromatic carbocycles. The number of urea groups is 1. The van der Waals surface area contributed by atoms with Crippen molar-refractivity contribution in [2.75, 3.05) is 28.1 Å². The third-order valence-electron chi connectivity index (χ3n) is 8.15. The van der Waals surface area contributed by atoms with Gasteiger partial charge in [0.25, 0.3) is 5.91 Å². The second kappa shape index (κ2) is 16.1. The zero-order chi connectivity index (χ0) is 34.0. The van der Waals surface area contributed by atoms with Crippen LogP contribution in [0.5, 0.6) is 0 Å². The number of hydrogen-bond acceptors (Lipinski definition) is 5. The van der Waals surface area contributed by atoms with Crippen LogP contribution in [0.4, 0.5) is 26.2 Å². The number of nitrogens with zero attached hydrogens (tertiary/aromatic N) is 2. The Morgan fingerprint density at radius 3 is 2.31 bits per heavy atom. The van der Waals surface area contributed by atoms with E-state index in [2.05, 4.69) is 33.1 Å². The van der Waals surface area contributed by atoms with Gasteiger partial charge >= 0.3 is 12.0 Å². The van der Waals surface area contributed by atoms with Crippen molar-refractivity contribution in [3.63, 3.8) is 0 Å². The highest BCUT2D eigenvalue weighted by Gasteiger charge is 2.20. The van der Waals surface area contributed by atoms with Crippen LogP contribution in [0.2, 0.25) is 0 Å². The van der Waals surface area contributed by atoms with Gasteiger partial charge in [-0.15, -0.1) is 0 Å². The molecule has 0 spiro atoms. The van der Waals surface area contributed by atoms with Crippen LogP contribution in [0.1, 0.15) is 52.7 Å². The molecule has 3 amide bonds. The van der Waals surface area contributed by atoms with Crippen molar-refractivity contribution in [2.24, 2.45) is 0 Å². The standard InChI is InChI=1S/C38H39FN4O4S/c1-26-13-20-31(23-35(26)48-42(2)32-11-7-4-8-12-32)41-38(47)43(33-21-18-29(19-22-33)28-9-5-3-6-10-28)25-27-14-16-30(17-15-27)36(44)40-24-34(39)37(45)46/h4,7-9,11-23,34H,3,5-6,10,24-25H2,1-2H3,(H,40,44)(H,41,47)(H,45,46). The van der Waals surface area contributed by atoms with Gasteiger partial charge in [0.1, 0.15) is 0 Å². The first-order valence-corrected chi connectivity index (χ1v) is 16.6. The molecule has 4 aromatic rings. The third-order valence-corrected chi connectivity index (χ3v) is 9.27. The number of nitrogens with one attached hydrogen (secondary N) is 2. The highest BCUT2D eigenvalue weighted by Crippen LogP contribution is 2.32. The van der Waals surface area contributed by atoms with Crippen LogP contribution in [0, 0.1) is 6.92 Å². The van der Waals surface area contributed by atoms with Gasteiger partial charge < -0.3 is 20.0 Å². The molecule has 1 aliphatic rings. The Morgan fingerprint density at radius 2 is 1.65 bits per heavy atom. The average Bonchev–Trinajstić information content (AvgIpc) is 3.11. The molecule has 0 saturated carbocycles. The summed E-state index contributed by atoms with van der Waals surface area (Å²) < 4.78 is 15.5. The van der Waals surface area contributed by atoms with Crippen molar-refractivity contribution in [1.29, 1.82) is 0 Å². The van der Waals surface area contributed by atoms with E-state index in [4.69, 9.17) is 5.11 Å². The first kappa shape index (κ1) is 34.3. The molecule has 0 fully saturated rings. The topological polar surface area (TPSA) is 102 Å². The van der Waals surface area contributed by atoms with E-state index in [1.54, 1.807) is 41.1 Å². The second-order valence-corrected chi connectivity index (χ2v) is 12.8. The average molecular weight is 667 g/mol. The number of benzene rings is 4. The van der Waals surface area contributed by atoms with E-state index < -0.39 is 24.6 Å². The van der Waals surface area contributed by atoms with Crippen LogP contribution in [-0.4, -0.2) is 42.8 Å². The van der Waals surface area contributed by atoms with Gasteiger partial charge in [-0.05, 0) is 115 Å². The van der Waals surface area contributed by atoms with Crippen molar-refractivity contribution < 1.29 is 23.9 Å². The smallest absolute Gasteiger partial charge is 0.340 e. The molecule has 48 heavy (non-hydrogen) atoms. The second-order valence-electron chi connectivity index (χ2n) is 11.7.